The quantitative estimate of drug-likeness (QED) is 0.804. The van der Waals surface area contributed by atoms with Gasteiger partial charge < -0.3 is 9.47 Å². The van der Waals surface area contributed by atoms with Crippen LogP contribution < -0.4 is 4.74 Å². The maximum absolute atomic E-state index is 11.6. The van der Waals surface area contributed by atoms with Crippen molar-refractivity contribution in [3.8, 4) is 10.9 Å². The molecule has 0 bridgehead atoms. The van der Waals surface area contributed by atoms with E-state index >= 15 is 0 Å². The molecule has 0 spiro atoms. The molecule has 1 heterocycles. The highest BCUT2D eigenvalue weighted by Gasteiger charge is 2.20. The van der Waals surface area contributed by atoms with Gasteiger partial charge in [-0.05, 0) is 29.7 Å². The fraction of sp³-hybridized carbons (Fsp3) is 0.400. The monoisotopic (exact) mass is 306 g/mol. The Kier molecular flexibility index (Phi) is 4.57. The van der Waals surface area contributed by atoms with Crippen molar-refractivity contribution in [3.63, 3.8) is 0 Å². The van der Waals surface area contributed by atoms with Crippen LogP contribution in [-0.2, 0) is 10.2 Å². The maximum Gasteiger partial charge on any atom is 0.369 e. The van der Waals surface area contributed by atoms with Crippen molar-refractivity contribution in [2.45, 2.75) is 33.1 Å². The molecule has 0 unspecified atom stereocenters. The van der Waals surface area contributed by atoms with Crippen LogP contribution >= 0.6 is 11.3 Å². The fourth-order valence-electron chi connectivity index (χ4n) is 1.80. The minimum atomic E-state index is -0.478. The van der Waals surface area contributed by atoms with E-state index in [4.69, 9.17) is 9.47 Å². The van der Waals surface area contributed by atoms with Gasteiger partial charge >= 0.3 is 5.97 Å². The summed E-state index contributed by atoms with van der Waals surface area (Å²) in [5, 5.41) is 8.20. The van der Waals surface area contributed by atoms with Crippen LogP contribution in [0.3, 0.4) is 0 Å². The van der Waals surface area contributed by atoms with E-state index in [9.17, 15) is 4.79 Å². The summed E-state index contributed by atoms with van der Waals surface area (Å²) < 4.78 is 10.7. The maximum atomic E-state index is 11.6. The molecule has 0 amide bonds. The molecule has 0 saturated carbocycles. The van der Waals surface area contributed by atoms with Gasteiger partial charge in [-0.15, -0.1) is 5.10 Å². The number of hydrogen-bond acceptors (Lipinski definition) is 6. The third kappa shape index (κ3) is 3.78. The van der Waals surface area contributed by atoms with E-state index < -0.39 is 5.97 Å². The number of hydrogen-bond donors (Lipinski definition) is 0. The highest BCUT2D eigenvalue weighted by atomic mass is 32.1. The van der Waals surface area contributed by atoms with Gasteiger partial charge in [0, 0.05) is 5.56 Å². The highest BCUT2D eigenvalue weighted by molar-refractivity contribution is 7.14. The Balaban J connectivity index is 2.22. The first-order valence-electron chi connectivity index (χ1n) is 6.70. The number of carbonyl (C=O) groups excluding carboxylic acids is 1. The van der Waals surface area contributed by atoms with Gasteiger partial charge in [-0.25, -0.2) is 4.79 Å². The van der Waals surface area contributed by atoms with Gasteiger partial charge in [0.1, 0.15) is 5.75 Å². The van der Waals surface area contributed by atoms with Crippen molar-refractivity contribution in [3.05, 3.63) is 34.8 Å². The molecule has 2 aromatic rings. The molecule has 5 nitrogen and oxygen atoms in total. The van der Waals surface area contributed by atoms with Crippen LogP contribution in [0.2, 0.25) is 0 Å². The molecule has 0 saturated heterocycles. The molecule has 21 heavy (non-hydrogen) atoms. The first-order valence-corrected chi connectivity index (χ1v) is 7.51. The van der Waals surface area contributed by atoms with Crippen LogP contribution in [0.5, 0.6) is 10.9 Å². The van der Waals surface area contributed by atoms with E-state index in [1.807, 2.05) is 24.3 Å². The van der Waals surface area contributed by atoms with Gasteiger partial charge in [0.05, 0.1) is 6.61 Å². The molecule has 1 aromatic heterocycles. The number of rotatable bonds is 4. The van der Waals surface area contributed by atoms with E-state index in [0.29, 0.717) is 11.8 Å². The molecule has 6 heteroatoms. The summed E-state index contributed by atoms with van der Waals surface area (Å²) in [4.78, 5) is 11.6. The fourth-order valence-corrected chi connectivity index (χ4v) is 2.40. The number of benzene rings is 1. The molecular formula is C15H18N2O3S. The second-order valence-corrected chi connectivity index (χ2v) is 6.38. The molecule has 0 aliphatic heterocycles. The normalized spacial score (nSPS) is 11.2. The Bertz CT molecular complexity index is 632. The van der Waals surface area contributed by atoms with Gasteiger partial charge in [-0.1, -0.05) is 44.1 Å². The van der Waals surface area contributed by atoms with Crippen LogP contribution in [0.1, 0.15) is 43.1 Å². The molecule has 0 atom stereocenters. The van der Waals surface area contributed by atoms with Gasteiger partial charge in [-0.3, -0.25) is 0 Å². The number of nitrogens with zero attached hydrogens (tertiary/aromatic N) is 2. The molecule has 0 aliphatic carbocycles. The van der Waals surface area contributed by atoms with Crippen LogP contribution in [0.4, 0.5) is 0 Å². The number of ether oxygens (including phenoxy) is 2. The predicted octanol–water partition coefficient (Wildman–Crippen LogP) is 3.80. The number of aromatic nitrogens is 2. The number of carbonyl (C=O) groups is 1. The van der Waals surface area contributed by atoms with Gasteiger partial charge in [0.15, 0.2) is 0 Å². The molecule has 112 valence electrons. The van der Waals surface area contributed by atoms with Crippen LogP contribution in [-0.4, -0.2) is 22.8 Å². The van der Waals surface area contributed by atoms with Crippen molar-refractivity contribution >= 4 is 17.3 Å². The largest absolute Gasteiger partial charge is 0.461 e. The van der Waals surface area contributed by atoms with Gasteiger partial charge in [0.2, 0.25) is 5.01 Å². The summed E-state index contributed by atoms with van der Waals surface area (Å²) in [6.07, 6.45) is 0. The summed E-state index contributed by atoms with van der Waals surface area (Å²) >= 11 is 1.08. The molecule has 1 aromatic carbocycles. The van der Waals surface area contributed by atoms with Crippen LogP contribution in [0.15, 0.2) is 24.3 Å². The average molecular weight is 306 g/mol. The first kappa shape index (κ1) is 15.4. The Hall–Kier alpha value is -1.95. The summed E-state index contributed by atoms with van der Waals surface area (Å²) in [6, 6.07) is 7.77. The lowest BCUT2D eigenvalue weighted by Gasteiger charge is -2.21. The SMILES string of the molecule is CCOC(=O)c1nnc(Oc2ccccc2C(C)(C)C)s1. The van der Waals surface area contributed by atoms with E-state index in [-0.39, 0.29) is 10.4 Å². The Morgan fingerprint density at radius 2 is 1.95 bits per heavy atom. The Labute approximate surface area is 127 Å². The average Bonchev–Trinajstić information content (AvgIpc) is 2.87. The zero-order valence-corrected chi connectivity index (χ0v) is 13.4. The van der Waals surface area contributed by atoms with E-state index in [0.717, 1.165) is 22.6 Å². The minimum Gasteiger partial charge on any atom is -0.461 e. The van der Waals surface area contributed by atoms with Gasteiger partial charge in [0.25, 0.3) is 5.19 Å². The molecular weight excluding hydrogens is 288 g/mol. The van der Waals surface area contributed by atoms with Crippen LogP contribution in [0.25, 0.3) is 0 Å². The van der Waals surface area contributed by atoms with Crippen LogP contribution in [0, 0.1) is 0 Å². The summed E-state index contributed by atoms with van der Waals surface area (Å²) in [5.41, 5.74) is 1.02. The number of para-hydroxylation sites is 1. The minimum absolute atomic E-state index is 0.0503. The zero-order chi connectivity index (χ0) is 15.5. The van der Waals surface area contributed by atoms with E-state index in [1.54, 1.807) is 6.92 Å². The molecule has 0 aliphatic rings. The van der Waals surface area contributed by atoms with Crippen molar-refractivity contribution < 1.29 is 14.3 Å². The second-order valence-electron chi connectivity index (χ2n) is 5.44. The lowest BCUT2D eigenvalue weighted by atomic mass is 9.86. The standard InChI is InChI=1S/C15H18N2O3S/c1-5-19-13(18)12-16-17-14(21-12)20-11-9-7-6-8-10(11)15(2,3)4/h6-9H,5H2,1-4H3. The van der Waals surface area contributed by atoms with Crippen molar-refractivity contribution in [1.82, 2.24) is 10.2 Å². The molecule has 0 N–H and O–H groups in total. The third-order valence-electron chi connectivity index (χ3n) is 2.75. The molecule has 0 radical (unpaired) electrons. The summed E-state index contributed by atoms with van der Waals surface area (Å²) in [7, 11) is 0. The Morgan fingerprint density at radius 3 is 2.62 bits per heavy atom. The van der Waals surface area contributed by atoms with Crippen molar-refractivity contribution in [1.29, 1.82) is 0 Å². The van der Waals surface area contributed by atoms with Gasteiger partial charge in [-0.2, -0.15) is 0 Å². The highest BCUT2D eigenvalue weighted by Crippen LogP contribution is 2.34. The molecule has 0 fully saturated rings. The topological polar surface area (TPSA) is 61.3 Å². The van der Waals surface area contributed by atoms with Crippen molar-refractivity contribution in [2.24, 2.45) is 0 Å². The third-order valence-corrected chi connectivity index (χ3v) is 3.53. The predicted molar refractivity (Wildman–Crippen MR) is 81.1 cm³/mol. The lowest BCUT2D eigenvalue weighted by molar-refractivity contribution is 0.0525. The smallest absolute Gasteiger partial charge is 0.369 e. The second kappa shape index (κ2) is 6.22. The summed E-state index contributed by atoms with van der Waals surface area (Å²) in [6.45, 7) is 8.38. The zero-order valence-electron chi connectivity index (χ0n) is 12.5. The lowest BCUT2D eigenvalue weighted by Crippen LogP contribution is -2.12. The van der Waals surface area contributed by atoms with E-state index in [2.05, 4.69) is 31.0 Å². The van der Waals surface area contributed by atoms with E-state index in [1.165, 1.54) is 0 Å². The Morgan fingerprint density at radius 1 is 1.24 bits per heavy atom. The summed E-state index contributed by atoms with van der Waals surface area (Å²) in [5.74, 6) is 0.241. The number of esters is 1. The molecule has 2 rings (SSSR count). The van der Waals surface area contributed by atoms with Crippen molar-refractivity contribution in [2.75, 3.05) is 6.61 Å². The first-order chi connectivity index (χ1) is 9.91.